The van der Waals surface area contributed by atoms with E-state index >= 15 is 0 Å². The molecule has 0 aliphatic heterocycles. The zero-order chi connectivity index (χ0) is 16.2. The number of carbonyl (C=O) groups excluding carboxylic acids is 1. The van der Waals surface area contributed by atoms with E-state index in [1.54, 1.807) is 54.6 Å². The lowest BCUT2D eigenvalue weighted by atomic mass is 10.1. The summed E-state index contributed by atoms with van der Waals surface area (Å²) in [6, 6.07) is 20.8. The fourth-order valence-corrected chi connectivity index (χ4v) is 2.15. The topological polar surface area (TPSA) is 85.2 Å². The predicted octanol–water partition coefficient (Wildman–Crippen LogP) is 2.92. The average molecular weight is 303 g/mol. The van der Waals surface area contributed by atoms with Crippen molar-refractivity contribution in [3.8, 4) is 5.75 Å². The Morgan fingerprint density at radius 2 is 1.87 bits per heavy atom. The molecule has 0 heterocycles. The number of aromatic hydroxyl groups is 1. The first-order valence-electron chi connectivity index (χ1n) is 6.90. The number of hydrogen-bond acceptors (Lipinski definition) is 3. The number of phenols is 1. The first kappa shape index (κ1) is 14.4. The zero-order valence-electron chi connectivity index (χ0n) is 12.1. The first-order chi connectivity index (χ1) is 11.1. The van der Waals surface area contributed by atoms with Crippen LogP contribution in [0.4, 0.5) is 5.69 Å². The van der Waals surface area contributed by atoms with Crippen LogP contribution in [0.25, 0.3) is 10.8 Å². The van der Waals surface area contributed by atoms with Gasteiger partial charge in [0.25, 0.3) is 5.91 Å². The van der Waals surface area contributed by atoms with Gasteiger partial charge in [0.15, 0.2) is 5.96 Å². The number of phenolic OH excluding ortho intramolecular Hbond substituents is 1. The van der Waals surface area contributed by atoms with E-state index in [2.05, 4.69) is 22.8 Å². The molecule has 0 fully saturated rings. The number of carbonyl (C=O) groups is 1. The molecule has 0 aliphatic rings. The highest BCUT2D eigenvalue weighted by molar-refractivity contribution is 6.09. The normalized spacial score (nSPS) is 9.91. The number of guanidine groups is 1. The van der Waals surface area contributed by atoms with Gasteiger partial charge in [-0.05, 0) is 53.2 Å². The van der Waals surface area contributed by atoms with Gasteiger partial charge in [-0.2, -0.15) is 0 Å². The van der Waals surface area contributed by atoms with Crippen LogP contribution in [0.3, 0.4) is 0 Å². The van der Waals surface area contributed by atoms with Crippen molar-refractivity contribution in [1.82, 2.24) is 5.32 Å². The smallest absolute Gasteiger partial charge is 0.257 e. The number of hydrogen-bond donors (Lipinski definition) is 4. The molecule has 112 valence electrons. The number of anilines is 1. The van der Waals surface area contributed by atoms with E-state index in [0.29, 0.717) is 11.3 Å². The van der Waals surface area contributed by atoms with Crippen molar-refractivity contribution in [2.24, 2.45) is 0 Å². The van der Waals surface area contributed by atoms with Gasteiger partial charge < -0.3 is 10.4 Å². The third kappa shape index (κ3) is 3.39. The maximum absolute atomic E-state index is 12.2. The fourth-order valence-electron chi connectivity index (χ4n) is 2.15. The Balaban J connectivity index is 1.72. The summed E-state index contributed by atoms with van der Waals surface area (Å²) >= 11 is 0. The Hall–Kier alpha value is -3.52. The van der Waals surface area contributed by atoms with Crippen LogP contribution in [0.1, 0.15) is 10.4 Å². The van der Waals surface area contributed by atoms with Crippen LogP contribution < -0.4 is 10.6 Å². The second-order valence-corrected chi connectivity index (χ2v) is 4.91. The molecule has 0 radical (unpaired) electrons. The highest BCUT2D eigenvalue weighted by atomic mass is 16.3. The van der Waals surface area contributed by atoms with Crippen molar-refractivity contribution in [1.29, 1.82) is 5.41 Å². The average Bonchev–Trinajstić information content (AvgIpc) is 2.55. The van der Waals surface area contributed by atoms with Crippen LogP contribution in [0.15, 0.2) is 54.6 Å². The highest BCUT2D eigenvalue weighted by Gasteiger charge is 2.09. The lowest BCUT2D eigenvalue weighted by Crippen LogP contribution is -2.34. The lowest BCUT2D eigenvalue weighted by Gasteiger charge is -2.09. The Morgan fingerprint density at radius 1 is 1.09 bits per heavy atom. The van der Waals surface area contributed by atoms with E-state index in [1.807, 2.05) is 0 Å². The molecule has 3 rings (SSSR count). The summed E-state index contributed by atoms with van der Waals surface area (Å²) < 4.78 is 0. The Bertz CT molecular complexity index is 876. The van der Waals surface area contributed by atoms with E-state index < -0.39 is 5.91 Å². The highest BCUT2D eigenvalue weighted by Crippen LogP contribution is 2.21. The second-order valence-electron chi connectivity index (χ2n) is 4.91. The summed E-state index contributed by atoms with van der Waals surface area (Å²) in [6.45, 7) is 0. The van der Waals surface area contributed by atoms with Crippen molar-refractivity contribution in [3.05, 3.63) is 72.3 Å². The monoisotopic (exact) mass is 303 g/mol. The van der Waals surface area contributed by atoms with Gasteiger partial charge in [0.2, 0.25) is 0 Å². The van der Waals surface area contributed by atoms with Gasteiger partial charge in [-0.15, -0.1) is 0 Å². The van der Waals surface area contributed by atoms with E-state index in [-0.39, 0.29) is 11.7 Å². The molecule has 0 aliphatic carbocycles. The number of benzene rings is 2. The first-order valence-corrected chi connectivity index (χ1v) is 6.90. The molecule has 0 saturated heterocycles. The maximum atomic E-state index is 12.2. The molecule has 0 saturated carbocycles. The minimum Gasteiger partial charge on any atom is -0.508 e. The molecule has 0 atom stereocenters. The van der Waals surface area contributed by atoms with Crippen molar-refractivity contribution < 1.29 is 9.90 Å². The molecule has 5 heteroatoms. The second kappa shape index (κ2) is 6.08. The summed E-state index contributed by atoms with van der Waals surface area (Å²) in [5.74, 6) is -0.356. The van der Waals surface area contributed by atoms with Crippen LogP contribution in [0, 0.1) is 17.5 Å². The van der Waals surface area contributed by atoms with Crippen molar-refractivity contribution in [2.75, 3.05) is 5.32 Å². The molecule has 23 heavy (non-hydrogen) atoms. The quantitative estimate of drug-likeness (QED) is 0.434. The van der Waals surface area contributed by atoms with Gasteiger partial charge in [-0.25, -0.2) is 0 Å². The van der Waals surface area contributed by atoms with Crippen molar-refractivity contribution in [3.63, 3.8) is 0 Å². The third-order valence-corrected chi connectivity index (χ3v) is 3.23. The lowest BCUT2D eigenvalue weighted by molar-refractivity contribution is 0.0977. The summed E-state index contributed by atoms with van der Waals surface area (Å²) in [5.41, 5.74) is 0.977. The van der Waals surface area contributed by atoms with Gasteiger partial charge in [-0.3, -0.25) is 15.5 Å². The summed E-state index contributed by atoms with van der Waals surface area (Å²) in [6.07, 6.45) is 0. The molecule has 3 aromatic rings. The van der Waals surface area contributed by atoms with Crippen molar-refractivity contribution >= 4 is 28.3 Å². The molecule has 0 spiro atoms. The van der Waals surface area contributed by atoms with Gasteiger partial charge in [0.05, 0.1) is 5.69 Å². The SMILES string of the molecule is N=C(NC(=O)c1ccc2cc(O)ccc2c1)Nc1c#cccc1. The van der Waals surface area contributed by atoms with Crippen LogP contribution in [-0.4, -0.2) is 17.0 Å². The molecule has 1 amide bonds. The summed E-state index contributed by atoms with van der Waals surface area (Å²) in [5, 5.41) is 24.1. The van der Waals surface area contributed by atoms with Crippen LogP contribution in [0.2, 0.25) is 0 Å². The van der Waals surface area contributed by atoms with E-state index in [9.17, 15) is 9.90 Å². The van der Waals surface area contributed by atoms with Crippen LogP contribution >= 0.6 is 0 Å². The summed E-state index contributed by atoms with van der Waals surface area (Å²) in [7, 11) is 0. The minimum atomic E-state index is -0.391. The van der Waals surface area contributed by atoms with Gasteiger partial charge in [0.1, 0.15) is 5.75 Å². The van der Waals surface area contributed by atoms with Gasteiger partial charge >= 0.3 is 0 Å². The molecule has 3 aromatic carbocycles. The van der Waals surface area contributed by atoms with Crippen LogP contribution in [-0.2, 0) is 0 Å². The molecule has 0 unspecified atom stereocenters. The Kier molecular flexibility index (Phi) is 3.81. The zero-order valence-corrected chi connectivity index (χ0v) is 12.1. The standard InChI is InChI=1S/C18H13N3O2/c19-18(20-15-4-2-1-3-5-15)21-17(23)14-7-6-13-11-16(22)9-8-12(13)10-14/h1-2,4,6-11,22H,(H3,19,20,21,23). The molecule has 5 nitrogen and oxygen atoms in total. The van der Waals surface area contributed by atoms with E-state index in [4.69, 9.17) is 5.41 Å². The third-order valence-electron chi connectivity index (χ3n) is 3.23. The number of rotatable bonds is 2. The van der Waals surface area contributed by atoms with Crippen LogP contribution in [0.5, 0.6) is 5.75 Å². The number of amides is 1. The number of fused-ring (bicyclic) bond motifs is 1. The summed E-state index contributed by atoms with van der Waals surface area (Å²) in [4.78, 5) is 12.2. The molecule has 4 N–H and O–H groups in total. The molecular formula is C18H13N3O2. The van der Waals surface area contributed by atoms with E-state index in [1.165, 1.54) is 0 Å². The minimum absolute atomic E-state index is 0.142. The molecular weight excluding hydrogens is 290 g/mol. The van der Waals surface area contributed by atoms with Crippen molar-refractivity contribution in [2.45, 2.75) is 0 Å². The van der Waals surface area contributed by atoms with E-state index in [0.717, 1.165) is 10.8 Å². The molecule has 0 bridgehead atoms. The predicted molar refractivity (Wildman–Crippen MR) is 88.5 cm³/mol. The Labute approximate surface area is 133 Å². The largest absolute Gasteiger partial charge is 0.508 e. The van der Waals surface area contributed by atoms with Gasteiger partial charge in [0, 0.05) is 5.56 Å². The number of nitrogens with one attached hydrogen (secondary N) is 3. The Morgan fingerprint density at radius 3 is 2.65 bits per heavy atom. The molecule has 0 aromatic heterocycles. The fraction of sp³-hybridized carbons (Fsp3) is 0. The van der Waals surface area contributed by atoms with Gasteiger partial charge in [-0.1, -0.05) is 24.3 Å². The maximum Gasteiger partial charge on any atom is 0.257 e.